The smallest absolute Gasteiger partial charge is 0.550 e. The molecule has 19 heavy (non-hydrogen) atoms. The molecule has 0 aromatic heterocycles. The van der Waals surface area contributed by atoms with E-state index in [0.29, 0.717) is 0 Å². The Labute approximate surface area is 135 Å². The van der Waals surface area contributed by atoms with Gasteiger partial charge in [0.05, 0.1) is 0 Å². The summed E-state index contributed by atoms with van der Waals surface area (Å²) in [6.45, 7) is 3.55. The summed E-state index contributed by atoms with van der Waals surface area (Å²) in [5.41, 5.74) is -1.000. The maximum absolute atomic E-state index is 10.4. The van der Waals surface area contributed by atoms with Crippen LogP contribution in [0, 0.1) is 10.8 Å². The maximum Gasteiger partial charge on any atom is 2.00 e. The molecule has 0 aromatic rings. The molecule has 2 aliphatic rings. The Hall–Kier alpha value is -0.138. The van der Waals surface area contributed by atoms with Crippen LogP contribution in [0.5, 0.6) is 0 Å². The number of carboxylic acid groups (broad SMARTS) is 2. The van der Waals surface area contributed by atoms with Crippen molar-refractivity contribution >= 4 is 11.9 Å². The van der Waals surface area contributed by atoms with E-state index >= 15 is 0 Å². The molecule has 2 aliphatic carbocycles. The Balaban J connectivity index is 0.000000324. The summed E-state index contributed by atoms with van der Waals surface area (Å²) in [4.78, 5) is 20.8. The van der Waals surface area contributed by atoms with E-state index in [0.717, 1.165) is 51.4 Å². The van der Waals surface area contributed by atoms with Crippen molar-refractivity contribution < 1.29 is 47.1 Å². The molecule has 104 valence electrons. The molecular formula is C14H22CdO4. The van der Waals surface area contributed by atoms with Gasteiger partial charge in [0.15, 0.2) is 0 Å². The van der Waals surface area contributed by atoms with Gasteiger partial charge in [0.2, 0.25) is 0 Å². The molecule has 0 radical (unpaired) electrons. The largest absolute Gasteiger partial charge is 2.00 e. The van der Waals surface area contributed by atoms with Crippen molar-refractivity contribution in [3.8, 4) is 0 Å². The van der Waals surface area contributed by atoms with Crippen LogP contribution in [0.2, 0.25) is 0 Å². The number of carbonyl (C=O) groups is 2. The number of carboxylic acids is 2. The number of hydrogen-bond donors (Lipinski definition) is 0. The van der Waals surface area contributed by atoms with Crippen molar-refractivity contribution in [3.63, 3.8) is 0 Å². The minimum atomic E-state index is -0.875. The fraction of sp³-hybridized carbons (Fsp3) is 0.857. The Morgan fingerprint density at radius 3 is 1.05 bits per heavy atom. The summed E-state index contributed by atoms with van der Waals surface area (Å²) in [6, 6.07) is 0. The molecule has 4 nitrogen and oxygen atoms in total. The maximum atomic E-state index is 10.4. The molecule has 0 amide bonds. The zero-order valence-electron chi connectivity index (χ0n) is 12.0. The average molecular weight is 367 g/mol. The van der Waals surface area contributed by atoms with Crippen LogP contribution in [0.3, 0.4) is 0 Å². The van der Waals surface area contributed by atoms with E-state index in [2.05, 4.69) is 0 Å². The van der Waals surface area contributed by atoms with Gasteiger partial charge in [-0.2, -0.15) is 0 Å². The molecule has 0 aliphatic heterocycles. The van der Waals surface area contributed by atoms with Gasteiger partial charge < -0.3 is 19.8 Å². The predicted molar refractivity (Wildman–Crippen MR) is 63.2 cm³/mol. The van der Waals surface area contributed by atoms with Gasteiger partial charge in [-0.15, -0.1) is 0 Å². The molecule has 0 saturated heterocycles. The van der Waals surface area contributed by atoms with Gasteiger partial charge in [-0.25, -0.2) is 0 Å². The molecule has 2 saturated carbocycles. The molecule has 0 heterocycles. The summed E-state index contributed by atoms with van der Waals surface area (Å²) < 4.78 is 0. The van der Waals surface area contributed by atoms with Gasteiger partial charge in [0, 0.05) is 22.8 Å². The third-order valence-electron chi connectivity index (χ3n) is 4.40. The minimum absolute atomic E-state index is 0. The third-order valence-corrected chi connectivity index (χ3v) is 4.40. The normalized spacial score (nSPS) is 22.8. The van der Waals surface area contributed by atoms with E-state index in [4.69, 9.17) is 0 Å². The van der Waals surface area contributed by atoms with E-state index in [1.54, 1.807) is 13.8 Å². The van der Waals surface area contributed by atoms with Crippen LogP contribution in [0.1, 0.15) is 65.2 Å². The van der Waals surface area contributed by atoms with Crippen molar-refractivity contribution in [1.82, 2.24) is 0 Å². The summed E-state index contributed by atoms with van der Waals surface area (Å²) in [6.07, 6.45) is 7.39. The van der Waals surface area contributed by atoms with Crippen LogP contribution < -0.4 is 10.2 Å². The van der Waals surface area contributed by atoms with Crippen molar-refractivity contribution in [2.45, 2.75) is 65.2 Å². The fourth-order valence-electron chi connectivity index (χ4n) is 2.72. The summed E-state index contributed by atoms with van der Waals surface area (Å²) in [5.74, 6) is -1.75. The molecule has 0 bridgehead atoms. The monoisotopic (exact) mass is 368 g/mol. The standard InChI is InChI=1S/2C7H12O2.Cd/c2*1-7(6(8)9)4-2-3-5-7;/h2*2-5H2,1H3,(H,8,9);/q;;+2/p-2. The first-order chi connectivity index (χ1) is 8.30. The SMILES string of the molecule is CC1(C(=O)[O-])CCCC1.CC1(C(=O)[O-])CCCC1.[Cd+2]. The molecule has 2 rings (SSSR count). The van der Waals surface area contributed by atoms with Crippen LogP contribution in [0.25, 0.3) is 0 Å². The second-order valence-corrected chi connectivity index (χ2v) is 6.11. The zero-order valence-corrected chi connectivity index (χ0v) is 16.0. The Kier molecular flexibility index (Phi) is 7.54. The molecular weight excluding hydrogens is 345 g/mol. The van der Waals surface area contributed by atoms with Crippen LogP contribution in [-0.2, 0) is 36.9 Å². The Morgan fingerprint density at radius 2 is 0.947 bits per heavy atom. The molecule has 0 atom stereocenters. The van der Waals surface area contributed by atoms with E-state index in [1.807, 2.05) is 0 Å². The number of rotatable bonds is 2. The quantitative estimate of drug-likeness (QED) is 0.671. The minimum Gasteiger partial charge on any atom is -0.550 e. The zero-order chi connectivity index (χ0) is 13.8. The third kappa shape index (κ3) is 5.04. The van der Waals surface area contributed by atoms with Crippen molar-refractivity contribution in [1.29, 1.82) is 0 Å². The van der Waals surface area contributed by atoms with Gasteiger partial charge >= 0.3 is 27.3 Å². The van der Waals surface area contributed by atoms with Crippen LogP contribution >= 0.6 is 0 Å². The number of hydrogen-bond acceptors (Lipinski definition) is 4. The van der Waals surface area contributed by atoms with E-state index in [-0.39, 0.29) is 27.3 Å². The van der Waals surface area contributed by atoms with Crippen molar-refractivity contribution in [3.05, 3.63) is 0 Å². The molecule has 0 spiro atoms. The first-order valence-electron chi connectivity index (χ1n) is 6.73. The second kappa shape index (κ2) is 7.59. The van der Waals surface area contributed by atoms with Crippen LogP contribution in [-0.4, -0.2) is 11.9 Å². The first kappa shape index (κ1) is 18.9. The van der Waals surface area contributed by atoms with Gasteiger partial charge in [0.1, 0.15) is 0 Å². The van der Waals surface area contributed by atoms with Gasteiger partial charge in [0.25, 0.3) is 0 Å². The number of carbonyl (C=O) groups excluding carboxylic acids is 2. The summed E-state index contributed by atoms with van der Waals surface area (Å²) in [5, 5.41) is 20.8. The summed E-state index contributed by atoms with van der Waals surface area (Å²) in [7, 11) is 0. The van der Waals surface area contributed by atoms with Crippen molar-refractivity contribution in [2.24, 2.45) is 10.8 Å². The van der Waals surface area contributed by atoms with E-state index in [1.165, 1.54) is 0 Å². The second-order valence-electron chi connectivity index (χ2n) is 6.11. The van der Waals surface area contributed by atoms with Crippen LogP contribution in [0.15, 0.2) is 0 Å². The average Bonchev–Trinajstić information content (AvgIpc) is 2.90. The van der Waals surface area contributed by atoms with Gasteiger partial charge in [-0.3, -0.25) is 0 Å². The molecule has 2 fully saturated rings. The molecule has 0 N–H and O–H groups in total. The topological polar surface area (TPSA) is 80.3 Å². The summed E-state index contributed by atoms with van der Waals surface area (Å²) >= 11 is 0. The van der Waals surface area contributed by atoms with Crippen molar-refractivity contribution in [2.75, 3.05) is 0 Å². The fourth-order valence-corrected chi connectivity index (χ4v) is 2.72. The molecule has 0 unspecified atom stereocenters. The Morgan fingerprint density at radius 1 is 0.737 bits per heavy atom. The number of aliphatic carboxylic acids is 2. The molecule has 0 aromatic carbocycles. The van der Waals surface area contributed by atoms with Gasteiger partial charge in [-0.05, 0) is 25.7 Å². The van der Waals surface area contributed by atoms with E-state index < -0.39 is 22.8 Å². The van der Waals surface area contributed by atoms with Crippen LogP contribution in [0.4, 0.5) is 0 Å². The van der Waals surface area contributed by atoms with Gasteiger partial charge in [-0.1, -0.05) is 39.5 Å². The predicted octanol–water partition coefficient (Wildman–Crippen LogP) is 0.631. The molecule has 5 heteroatoms. The van der Waals surface area contributed by atoms with E-state index in [9.17, 15) is 19.8 Å². The Bertz CT molecular complexity index is 283. The first-order valence-corrected chi connectivity index (χ1v) is 6.73.